The van der Waals surface area contributed by atoms with Crippen LogP contribution in [0.3, 0.4) is 0 Å². The molecule has 3 rings (SSSR count). The lowest BCUT2D eigenvalue weighted by atomic mass is 9.65. The Morgan fingerprint density at radius 2 is 2.20 bits per heavy atom. The van der Waals surface area contributed by atoms with E-state index in [1.165, 1.54) is 25.7 Å². The lowest BCUT2D eigenvalue weighted by Crippen LogP contribution is -2.43. The zero-order chi connectivity index (χ0) is 10.7. The van der Waals surface area contributed by atoms with Crippen LogP contribution < -0.4 is 5.73 Å². The monoisotopic (exact) mass is 209 g/mol. The van der Waals surface area contributed by atoms with Crippen LogP contribution in [-0.2, 0) is 4.74 Å². The van der Waals surface area contributed by atoms with Crippen molar-refractivity contribution in [2.24, 2.45) is 22.5 Å². The van der Waals surface area contributed by atoms with Crippen molar-refractivity contribution in [3.63, 3.8) is 0 Å². The number of nitrogens with two attached hydrogens (primary N) is 1. The molecule has 86 valence electrons. The molecule has 4 bridgehead atoms. The van der Waals surface area contributed by atoms with E-state index in [-0.39, 0.29) is 5.60 Å². The van der Waals surface area contributed by atoms with E-state index >= 15 is 0 Å². The zero-order valence-electron chi connectivity index (χ0n) is 10.0. The molecule has 1 aliphatic heterocycles. The van der Waals surface area contributed by atoms with Crippen molar-refractivity contribution in [3.05, 3.63) is 0 Å². The van der Waals surface area contributed by atoms with Gasteiger partial charge in [-0.05, 0) is 44.6 Å². The summed E-state index contributed by atoms with van der Waals surface area (Å²) in [6, 6.07) is 0. The summed E-state index contributed by atoms with van der Waals surface area (Å²) in [5.41, 5.74) is 6.77. The molecule has 0 aromatic rings. The highest BCUT2D eigenvalue weighted by Gasteiger charge is 2.75. The van der Waals surface area contributed by atoms with E-state index in [1.54, 1.807) is 0 Å². The van der Waals surface area contributed by atoms with Gasteiger partial charge >= 0.3 is 0 Å². The average Bonchev–Trinajstić information content (AvgIpc) is 2.68. The van der Waals surface area contributed by atoms with Crippen molar-refractivity contribution in [3.8, 4) is 0 Å². The van der Waals surface area contributed by atoms with Gasteiger partial charge in [0.15, 0.2) is 0 Å². The molecule has 2 aliphatic carbocycles. The molecule has 2 heteroatoms. The zero-order valence-corrected chi connectivity index (χ0v) is 10.0. The van der Waals surface area contributed by atoms with Crippen LogP contribution in [0.4, 0.5) is 0 Å². The van der Waals surface area contributed by atoms with E-state index in [2.05, 4.69) is 13.8 Å². The Kier molecular flexibility index (Phi) is 1.87. The van der Waals surface area contributed by atoms with Crippen molar-refractivity contribution in [2.45, 2.75) is 51.6 Å². The molecule has 0 spiro atoms. The Balaban J connectivity index is 1.94. The van der Waals surface area contributed by atoms with Gasteiger partial charge in [0.2, 0.25) is 0 Å². The van der Waals surface area contributed by atoms with Gasteiger partial charge in [0.1, 0.15) is 0 Å². The largest absolute Gasteiger partial charge is 0.374 e. The molecule has 4 atom stereocenters. The molecule has 1 saturated heterocycles. The van der Waals surface area contributed by atoms with Crippen LogP contribution >= 0.6 is 0 Å². The molecule has 0 unspecified atom stereocenters. The number of hydrogen-bond donors (Lipinski definition) is 1. The molecule has 3 fully saturated rings. The standard InChI is InChI=1S/C13H23NO/c1-11-9-15-13(5-3-7-14)8-10(11)4-6-12(11,13)2/h10H,3-9,14H2,1-2H3/t10-,11+,12-,13-/m1/s1. The summed E-state index contributed by atoms with van der Waals surface area (Å²) in [6.45, 7) is 6.74. The SMILES string of the molecule is C[C@]12CC[C@@H]3C[C@@]1(CCCN)OC[C@@]32C. The van der Waals surface area contributed by atoms with Crippen molar-refractivity contribution in [1.82, 2.24) is 0 Å². The fourth-order valence-electron chi connectivity index (χ4n) is 4.84. The normalized spacial score (nSPS) is 56.6. The first-order chi connectivity index (χ1) is 7.08. The van der Waals surface area contributed by atoms with Gasteiger partial charge in [-0.2, -0.15) is 0 Å². The first kappa shape index (κ1) is 10.1. The smallest absolute Gasteiger partial charge is 0.0745 e. The molecular formula is C13H23NO. The summed E-state index contributed by atoms with van der Waals surface area (Å²) in [4.78, 5) is 0. The van der Waals surface area contributed by atoms with Crippen molar-refractivity contribution in [2.75, 3.05) is 13.2 Å². The summed E-state index contributed by atoms with van der Waals surface area (Å²) in [5, 5.41) is 0. The first-order valence-corrected chi connectivity index (χ1v) is 6.42. The third-order valence-electron chi connectivity index (χ3n) is 6.17. The van der Waals surface area contributed by atoms with Crippen LogP contribution in [0.25, 0.3) is 0 Å². The van der Waals surface area contributed by atoms with Gasteiger partial charge in [0.25, 0.3) is 0 Å². The molecule has 3 aliphatic rings. The van der Waals surface area contributed by atoms with Crippen molar-refractivity contribution >= 4 is 0 Å². The van der Waals surface area contributed by atoms with E-state index in [0.717, 1.165) is 25.5 Å². The maximum absolute atomic E-state index is 6.23. The van der Waals surface area contributed by atoms with Gasteiger partial charge < -0.3 is 10.5 Å². The quantitative estimate of drug-likeness (QED) is 0.774. The number of rotatable bonds is 3. The molecule has 0 amide bonds. The molecule has 1 heterocycles. The van der Waals surface area contributed by atoms with Crippen LogP contribution in [0.1, 0.15) is 46.0 Å². The second kappa shape index (κ2) is 2.78. The summed E-state index contributed by atoms with van der Waals surface area (Å²) in [7, 11) is 0. The van der Waals surface area contributed by atoms with E-state index in [1.807, 2.05) is 0 Å². The Labute approximate surface area is 92.6 Å². The van der Waals surface area contributed by atoms with Gasteiger partial charge in [-0.1, -0.05) is 13.8 Å². The highest BCUT2D eigenvalue weighted by molar-refractivity contribution is 5.23. The summed E-state index contributed by atoms with van der Waals surface area (Å²) >= 11 is 0. The second-order valence-electron chi connectivity index (χ2n) is 6.36. The predicted octanol–water partition coefficient (Wildman–Crippen LogP) is 2.32. The van der Waals surface area contributed by atoms with Gasteiger partial charge in [0, 0.05) is 10.8 Å². The van der Waals surface area contributed by atoms with Crippen LogP contribution in [-0.4, -0.2) is 18.8 Å². The van der Waals surface area contributed by atoms with Crippen molar-refractivity contribution in [1.29, 1.82) is 0 Å². The lowest BCUT2D eigenvalue weighted by Gasteiger charge is -2.41. The van der Waals surface area contributed by atoms with Crippen LogP contribution in [0.5, 0.6) is 0 Å². The Morgan fingerprint density at radius 1 is 1.40 bits per heavy atom. The summed E-state index contributed by atoms with van der Waals surface area (Å²) in [6.07, 6.45) is 6.42. The molecule has 0 radical (unpaired) electrons. The Bertz CT molecular complexity index is 292. The molecule has 15 heavy (non-hydrogen) atoms. The molecular weight excluding hydrogens is 186 g/mol. The predicted molar refractivity (Wildman–Crippen MR) is 60.5 cm³/mol. The molecule has 0 aromatic carbocycles. The molecule has 2 nitrogen and oxygen atoms in total. The highest BCUT2D eigenvalue weighted by atomic mass is 16.5. The minimum Gasteiger partial charge on any atom is -0.374 e. The minimum absolute atomic E-state index is 0.198. The molecule has 2 saturated carbocycles. The summed E-state index contributed by atoms with van der Waals surface area (Å²) in [5.74, 6) is 0.925. The lowest BCUT2D eigenvalue weighted by molar-refractivity contribution is -0.0893. The van der Waals surface area contributed by atoms with E-state index in [9.17, 15) is 0 Å². The maximum atomic E-state index is 6.23. The van der Waals surface area contributed by atoms with Gasteiger partial charge in [-0.25, -0.2) is 0 Å². The van der Waals surface area contributed by atoms with Crippen LogP contribution in [0.15, 0.2) is 0 Å². The van der Waals surface area contributed by atoms with Gasteiger partial charge in [-0.15, -0.1) is 0 Å². The Morgan fingerprint density at radius 3 is 2.80 bits per heavy atom. The fraction of sp³-hybridized carbons (Fsp3) is 1.00. The van der Waals surface area contributed by atoms with Crippen molar-refractivity contribution < 1.29 is 4.74 Å². The third-order valence-corrected chi connectivity index (χ3v) is 6.17. The highest BCUT2D eigenvalue weighted by Crippen LogP contribution is 2.75. The minimum atomic E-state index is 0.198. The third kappa shape index (κ3) is 0.898. The van der Waals surface area contributed by atoms with E-state index in [0.29, 0.717) is 10.8 Å². The molecule has 0 aromatic heterocycles. The van der Waals surface area contributed by atoms with Crippen LogP contribution in [0.2, 0.25) is 0 Å². The second-order valence-corrected chi connectivity index (χ2v) is 6.36. The number of hydrogen-bond acceptors (Lipinski definition) is 2. The van der Waals surface area contributed by atoms with Crippen LogP contribution in [0, 0.1) is 16.7 Å². The van der Waals surface area contributed by atoms with E-state index < -0.39 is 0 Å². The maximum Gasteiger partial charge on any atom is 0.0745 e. The number of ether oxygens (including phenoxy) is 1. The Hall–Kier alpha value is -0.0800. The molecule has 2 N–H and O–H groups in total. The topological polar surface area (TPSA) is 35.2 Å². The average molecular weight is 209 g/mol. The summed E-state index contributed by atoms with van der Waals surface area (Å²) < 4.78 is 6.23. The van der Waals surface area contributed by atoms with Gasteiger partial charge in [0.05, 0.1) is 12.2 Å². The van der Waals surface area contributed by atoms with E-state index in [4.69, 9.17) is 10.5 Å². The van der Waals surface area contributed by atoms with Gasteiger partial charge in [-0.3, -0.25) is 0 Å². The fourth-order valence-corrected chi connectivity index (χ4v) is 4.84. The first-order valence-electron chi connectivity index (χ1n) is 6.42.